The van der Waals surface area contributed by atoms with Gasteiger partial charge in [-0.05, 0) is 88.0 Å². The van der Waals surface area contributed by atoms with Gasteiger partial charge >= 0.3 is 0 Å². The van der Waals surface area contributed by atoms with Crippen LogP contribution in [0, 0.1) is 0 Å². The summed E-state index contributed by atoms with van der Waals surface area (Å²) in [5.74, 6) is 4.43. The minimum atomic E-state index is 0.656. The zero-order valence-electron chi connectivity index (χ0n) is 30.6. The third kappa shape index (κ3) is 9.76. The van der Waals surface area contributed by atoms with Gasteiger partial charge in [0.15, 0.2) is 34.5 Å². The van der Waals surface area contributed by atoms with E-state index in [4.69, 9.17) is 28.4 Å². The Kier molecular flexibility index (Phi) is 15.6. The lowest BCUT2D eigenvalue weighted by Crippen LogP contribution is -2.02. The molecule has 0 heterocycles. The maximum atomic E-state index is 6.39. The fourth-order valence-electron chi connectivity index (χ4n) is 6.50. The van der Waals surface area contributed by atoms with E-state index in [1.165, 1.54) is 77.0 Å². The Morgan fingerprint density at radius 1 is 0.312 bits per heavy atom. The van der Waals surface area contributed by atoms with E-state index in [1.54, 1.807) is 21.3 Å². The van der Waals surface area contributed by atoms with Crippen molar-refractivity contribution in [2.45, 2.75) is 117 Å². The molecule has 0 saturated heterocycles. The van der Waals surface area contributed by atoms with Crippen molar-refractivity contribution < 1.29 is 28.4 Å². The highest BCUT2D eigenvalue weighted by Gasteiger charge is 2.19. The largest absolute Gasteiger partial charge is 0.493 e. The molecule has 4 rings (SSSR count). The molecule has 4 aromatic carbocycles. The fourth-order valence-corrected chi connectivity index (χ4v) is 6.50. The first-order valence-corrected chi connectivity index (χ1v) is 18.7. The number of fused-ring (bicyclic) bond motifs is 6. The van der Waals surface area contributed by atoms with Crippen molar-refractivity contribution in [3.8, 4) is 34.5 Å². The first-order chi connectivity index (χ1) is 23.6. The van der Waals surface area contributed by atoms with E-state index in [0.717, 1.165) is 86.1 Å². The molecule has 6 nitrogen and oxygen atoms in total. The first-order valence-electron chi connectivity index (χ1n) is 18.7. The zero-order chi connectivity index (χ0) is 34.1. The van der Waals surface area contributed by atoms with Gasteiger partial charge in [-0.3, -0.25) is 0 Å². The molecule has 0 radical (unpaired) electrons. The molecule has 0 atom stereocenters. The Hall–Kier alpha value is -3.54. The van der Waals surface area contributed by atoms with Gasteiger partial charge in [0.1, 0.15) is 0 Å². The molecular weight excluding hydrogens is 600 g/mol. The number of hydrogen-bond donors (Lipinski definition) is 0. The lowest BCUT2D eigenvalue weighted by atomic mass is 9.93. The molecule has 0 aliphatic carbocycles. The minimum Gasteiger partial charge on any atom is -0.493 e. The first kappa shape index (κ1) is 37.3. The number of benzene rings is 4. The molecule has 48 heavy (non-hydrogen) atoms. The van der Waals surface area contributed by atoms with Crippen LogP contribution in [0.2, 0.25) is 0 Å². The minimum absolute atomic E-state index is 0.656. The van der Waals surface area contributed by atoms with Gasteiger partial charge in [-0.25, -0.2) is 0 Å². The highest BCUT2D eigenvalue weighted by atomic mass is 16.5. The molecular formula is C42H60O6. The van der Waals surface area contributed by atoms with Crippen LogP contribution in [-0.2, 0) is 0 Å². The monoisotopic (exact) mass is 660 g/mol. The smallest absolute Gasteiger partial charge is 0.161 e. The van der Waals surface area contributed by atoms with E-state index in [2.05, 4.69) is 57.2 Å². The molecule has 264 valence electrons. The van der Waals surface area contributed by atoms with Crippen LogP contribution >= 0.6 is 0 Å². The number of hydrogen-bond acceptors (Lipinski definition) is 6. The third-order valence-corrected chi connectivity index (χ3v) is 9.30. The van der Waals surface area contributed by atoms with Crippen molar-refractivity contribution in [3.63, 3.8) is 0 Å². The number of unbranched alkanes of at least 4 members (excludes halogenated alkanes) is 12. The molecule has 0 aromatic heterocycles. The molecule has 0 spiro atoms. The van der Waals surface area contributed by atoms with Gasteiger partial charge in [-0.2, -0.15) is 0 Å². The molecule has 0 saturated carbocycles. The maximum Gasteiger partial charge on any atom is 0.161 e. The van der Waals surface area contributed by atoms with Crippen LogP contribution in [-0.4, -0.2) is 41.2 Å². The van der Waals surface area contributed by atoms with Gasteiger partial charge < -0.3 is 28.4 Å². The van der Waals surface area contributed by atoms with E-state index >= 15 is 0 Å². The Labute approximate surface area is 289 Å². The summed E-state index contributed by atoms with van der Waals surface area (Å²) in [7, 11) is 5.13. The van der Waals surface area contributed by atoms with Crippen LogP contribution in [0.1, 0.15) is 117 Å². The molecule has 0 amide bonds. The quantitative estimate of drug-likeness (QED) is 0.0551. The Morgan fingerprint density at radius 3 is 0.771 bits per heavy atom. The normalized spacial score (nSPS) is 11.4. The summed E-state index contributed by atoms with van der Waals surface area (Å²) < 4.78 is 36.9. The highest BCUT2D eigenvalue weighted by Crippen LogP contribution is 2.47. The summed E-state index contributed by atoms with van der Waals surface area (Å²) in [4.78, 5) is 0. The number of ether oxygens (including phenoxy) is 6. The summed E-state index contributed by atoms with van der Waals surface area (Å²) in [6.45, 7) is 8.69. The maximum absolute atomic E-state index is 6.39. The predicted octanol–water partition coefficient (Wildman–Crippen LogP) is 12.2. The van der Waals surface area contributed by atoms with Crippen LogP contribution in [0.4, 0.5) is 0 Å². The van der Waals surface area contributed by atoms with Crippen molar-refractivity contribution in [3.05, 3.63) is 36.4 Å². The zero-order valence-corrected chi connectivity index (χ0v) is 30.6. The van der Waals surface area contributed by atoms with E-state index < -0.39 is 0 Å². The topological polar surface area (TPSA) is 55.4 Å². The van der Waals surface area contributed by atoms with Crippen LogP contribution in [0.3, 0.4) is 0 Å². The summed E-state index contributed by atoms with van der Waals surface area (Å²) in [6.07, 6.45) is 17.7. The third-order valence-electron chi connectivity index (χ3n) is 9.30. The Balaban J connectivity index is 1.81. The van der Waals surface area contributed by atoms with Crippen molar-refractivity contribution in [1.29, 1.82) is 0 Å². The lowest BCUT2D eigenvalue weighted by Gasteiger charge is -2.19. The van der Waals surface area contributed by atoms with Crippen LogP contribution in [0.15, 0.2) is 36.4 Å². The van der Waals surface area contributed by atoms with Crippen LogP contribution < -0.4 is 28.4 Å². The molecule has 0 fully saturated rings. The molecule has 0 aliphatic rings. The van der Waals surface area contributed by atoms with E-state index in [-0.39, 0.29) is 0 Å². The summed E-state index contributed by atoms with van der Waals surface area (Å²) in [5, 5.41) is 6.39. The van der Waals surface area contributed by atoms with Gasteiger partial charge in [-0.15, -0.1) is 0 Å². The second-order valence-corrected chi connectivity index (χ2v) is 12.9. The molecule has 0 aliphatic heterocycles. The standard InChI is InChI=1S/C42H60O6/c1-7-10-13-16-19-22-46-40-28-34-31(25-37(40)43-4)32-26-38(44-5)41(47-23-20-17-14-11-8-2)29-35(32)36-30-42(39(45-6)27-33(34)36)48-24-21-18-15-12-9-3/h25-30H,7-24H2,1-6H3. The molecule has 4 aromatic rings. The second kappa shape index (κ2) is 20.1. The van der Waals surface area contributed by atoms with Crippen LogP contribution in [0.5, 0.6) is 34.5 Å². The number of rotatable bonds is 24. The fraction of sp³-hybridized carbons (Fsp3) is 0.571. The molecule has 6 heteroatoms. The lowest BCUT2D eigenvalue weighted by molar-refractivity contribution is 0.285. The van der Waals surface area contributed by atoms with E-state index in [9.17, 15) is 0 Å². The van der Waals surface area contributed by atoms with Gasteiger partial charge in [0, 0.05) is 0 Å². The summed E-state index contributed by atoms with van der Waals surface area (Å²) >= 11 is 0. The Bertz CT molecular complexity index is 1560. The molecule has 0 N–H and O–H groups in total. The van der Waals surface area contributed by atoms with Gasteiger partial charge in [0.25, 0.3) is 0 Å². The van der Waals surface area contributed by atoms with E-state index in [1.807, 2.05) is 0 Å². The molecule has 0 bridgehead atoms. The Morgan fingerprint density at radius 2 is 0.542 bits per heavy atom. The predicted molar refractivity (Wildman–Crippen MR) is 201 cm³/mol. The highest BCUT2D eigenvalue weighted by molar-refractivity contribution is 6.26. The van der Waals surface area contributed by atoms with Crippen molar-refractivity contribution in [2.75, 3.05) is 41.2 Å². The van der Waals surface area contributed by atoms with Crippen molar-refractivity contribution in [2.24, 2.45) is 0 Å². The van der Waals surface area contributed by atoms with Gasteiger partial charge in [0.05, 0.1) is 41.2 Å². The van der Waals surface area contributed by atoms with Crippen LogP contribution in [0.25, 0.3) is 32.3 Å². The van der Waals surface area contributed by atoms with E-state index in [0.29, 0.717) is 19.8 Å². The van der Waals surface area contributed by atoms with Crippen molar-refractivity contribution >= 4 is 32.3 Å². The summed E-state index contributed by atoms with van der Waals surface area (Å²) in [6, 6.07) is 12.7. The average Bonchev–Trinajstić information content (AvgIpc) is 3.11. The van der Waals surface area contributed by atoms with Gasteiger partial charge in [-0.1, -0.05) is 97.8 Å². The average molecular weight is 661 g/mol. The summed E-state index contributed by atoms with van der Waals surface area (Å²) in [5.41, 5.74) is 0. The number of methoxy groups -OCH3 is 3. The van der Waals surface area contributed by atoms with Crippen molar-refractivity contribution in [1.82, 2.24) is 0 Å². The second-order valence-electron chi connectivity index (χ2n) is 12.9. The SMILES string of the molecule is CCCCCCCOc1cc2c(cc1OC)c1cc(OC)c(OCCCCCCC)cc1c1cc(OCCCCCCC)c(OC)cc21. The van der Waals surface area contributed by atoms with Gasteiger partial charge in [0.2, 0.25) is 0 Å². The molecule has 0 unspecified atom stereocenters.